The van der Waals surface area contributed by atoms with Gasteiger partial charge in [0.25, 0.3) is 0 Å². The van der Waals surface area contributed by atoms with Gasteiger partial charge in [-0.3, -0.25) is 0 Å². The van der Waals surface area contributed by atoms with Gasteiger partial charge in [0.1, 0.15) is 0 Å². The first-order chi connectivity index (χ1) is 8.28. The molecule has 0 amide bonds. The van der Waals surface area contributed by atoms with Crippen molar-refractivity contribution in [3.63, 3.8) is 0 Å². The van der Waals surface area contributed by atoms with Crippen molar-refractivity contribution >= 4 is 27.3 Å². The predicted molar refractivity (Wildman–Crippen MR) is 73.8 cm³/mol. The molecule has 0 aliphatic carbocycles. The maximum absolute atomic E-state index is 5.48. The zero-order valence-electron chi connectivity index (χ0n) is 9.40. The van der Waals surface area contributed by atoms with Gasteiger partial charge >= 0.3 is 0 Å². The SMILES string of the molecule is NCCn1cnc(CNCc2ccc(Br)s2)c1. The average Bonchev–Trinajstić information content (AvgIpc) is 2.89. The Morgan fingerprint density at radius 3 is 3.00 bits per heavy atom. The molecule has 3 N–H and O–H groups in total. The van der Waals surface area contributed by atoms with E-state index in [2.05, 4.69) is 38.4 Å². The second kappa shape index (κ2) is 6.30. The molecule has 2 aromatic heterocycles. The molecule has 92 valence electrons. The van der Waals surface area contributed by atoms with Crippen molar-refractivity contribution in [2.24, 2.45) is 5.73 Å². The molecule has 0 unspecified atom stereocenters. The van der Waals surface area contributed by atoms with Gasteiger partial charge in [-0.1, -0.05) is 0 Å². The van der Waals surface area contributed by atoms with Crippen molar-refractivity contribution in [3.8, 4) is 0 Å². The molecule has 2 heterocycles. The van der Waals surface area contributed by atoms with E-state index in [0.29, 0.717) is 6.54 Å². The lowest BCUT2D eigenvalue weighted by Crippen LogP contribution is -2.12. The predicted octanol–water partition coefficient (Wildman–Crippen LogP) is 1.96. The van der Waals surface area contributed by atoms with Crippen LogP contribution in [0.15, 0.2) is 28.4 Å². The number of hydrogen-bond acceptors (Lipinski definition) is 4. The zero-order chi connectivity index (χ0) is 12.1. The zero-order valence-corrected chi connectivity index (χ0v) is 11.8. The Kier molecular flexibility index (Phi) is 4.73. The number of nitrogens with two attached hydrogens (primary N) is 1. The molecule has 0 aromatic carbocycles. The molecule has 2 rings (SSSR count). The topological polar surface area (TPSA) is 55.9 Å². The molecule has 0 saturated heterocycles. The summed E-state index contributed by atoms with van der Waals surface area (Å²) in [6.07, 6.45) is 3.86. The van der Waals surface area contributed by atoms with Crippen LogP contribution in [0.5, 0.6) is 0 Å². The normalized spacial score (nSPS) is 10.9. The van der Waals surface area contributed by atoms with Crippen molar-refractivity contribution in [1.82, 2.24) is 14.9 Å². The highest BCUT2D eigenvalue weighted by Crippen LogP contribution is 2.21. The van der Waals surface area contributed by atoms with E-state index in [0.717, 1.165) is 25.3 Å². The van der Waals surface area contributed by atoms with Gasteiger partial charge in [0.2, 0.25) is 0 Å². The molecule has 4 nitrogen and oxygen atoms in total. The van der Waals surface area contributed by atoms with Crippen LogP contribution in [0.3, 0.4) is 0 Å². The molecular weight excluding hydrogens is 300 g/mol. The van der Waals surface area contributed by atoms with Gasteiger partial charge in [-0.2, -0.15) is 0 Å². The Hall–Kier alpha value is -0.690. The monoisotopic (exact) mass is 314 g/mol. The molecule has 0 aliphatic heterocycles. The standard InChI is InChI=1S/C11H15BrN4S/c12-11-2-1-10(17-11)6-14-5-9-7-16(4-3-13)8-15-9/h1-2,7-8,14H,3-6,13H2. The molecule has 0 saturated carbocycles. The van der Waals surface area contributed by atoms with Crippen molar-refractivity contribution in [2.45, 2.75) is 19.6 Å². The fraction of sp³-hybridized carbons (Fsp3) is 0.364. The third-order valence-electron chi connectivity index (χ3n) is 2.31. The minimum atomic E-state index is 0.645. The van der Waals surface area contributed by atoms with Gasteiger partial charge in [0.15, 0.2) is 0 Å². The molecule has 0 bridgehead atoms. The van der Waals surface area contributed by atoms with Gasteiger partial charge < -0.3 is 15.6 Å². The molecule has 6 heteroatoms. The van der Waals surface area contributed by atoms with Crippen molar-refractivity contribution < 1.29 is 0 Å². The van der Waals surface area contributed by atoms with Gasteiger partial charge in [-0.25, -0.2) is 4.98 Å². The van der Waals surface area contributed by atoms with Crippen LogP contribution in [0.2, 0.25) is 0 Å². The summed E-state index contributed by atoms with van der Waals surface area (Å²) in [5, 5.41) is 3.37. The van der Waals surface area contributed by atoms with Crippen LogP contribution in [0.1, 0.15) is 10.6 Å². The Morgan fingerprint density at radius 2 is 2.29 bits per heavy atom. The average molecular weight is 315 g/mol. The highest BCUT2D eigenvalue weighted by atomic mass is 79.9. The van der Waals surface area contributed by atoms with Crippen molar-refractivity contribution in [3.05, 3.63) is 39.0 Å². The molecule has 0 atom stereocenters. The van der Waals surface area contributed by atoms with Gasteiger partial charge in [-0.05, 0) is 28.1 Å². The molecule has 0 spiro atoms. The summed E-state index contributed by atoms with van der Waals surface area (Å²) in [5.41, 5.74) is 6.53. The second-order valence-corrected chi connectivity index (χ2v) is 6.25. The molecule has 17 heavy (non-hydrogen) atoms. The molecular formula is C11H15BrN4S. The largest absolute Gasteiger partial charge is 0.336 e. The van der Waals surface area contributed by atoms with E-state index in [1.165, 1.54) is 8.66 Å². The smallest absolute Gasteiger partial charge is 0.0950 e. The highest BCUT2D eigenvalue weighted by Gasteiger charge is 2.00. The van der Waals surface area contributed by atoms with E-state index in [1.54, 1.807) is 11.3 Å². The Labute approximate surface area is 113 Å². The van der Waals surface area contributed by atoms with Crippen LogP contribution in [0, 0.1) is 0 Å². The highest BCUT2D eigenvalue weighted by molar-refractivity contribution is 9.11. The van der Waals surface area contributed by atoms with Gasteiger partial charge in [0.05, 0.1) is 15.8 Å². The Morgan fingerprint density at radius 1 is 1.41 bits per heavy atom. The van der Waals surface area contributed by atoms with E-state index in [9.17, 15) is 0 Å². The fourth-order valence-electron chi connectivity index (χ4n) is 1.53. The van der Waals surface area contributed by atoms with Gasteiger partial charge in [0, 0.05) is 37.3 Å². The first-order valence-corrected chi connectivity index (χ1v) is 7.04. The Bertz CT molecular complexity index is 465. The summed E-state index contributed by atoms with van der Waals surface area (Å²) in [5.74, 6) is 0. The number of halogens is 1. The van der Waals surface area contributed by atoms with Gasteiger partial charge in [-0.15, -0.1) is 11.3 Å². The van der Waals surface area contributed by atoms with E-state index in [1.807, 2.05) is 17.1 Å². The van der Waals surface area contributed by atoms with Crippen LogP contribution in [0.25, 0.3) is 0 Å². The van der Waals surface area contributed by atoms with Crippen LogP contribution in [-0.4, -0.2) is 16.1 Å². The number of rotatable bonds is 6. The Balaban J connectivity index is 1.77. The van der Waals surface area contributed by atoms with E-state index in [4.69, 9.17) is 5.73 Å². The third kappa shape index (κ3) is 3.92. The maximum Gasteiger partial charge on any atom is 0.0950 e. The summed E-state index contributed by atoms with van der Waals surface area (Å²) >= 11 is 5.20. The van der Waals surface area contributed by atoms with Crippen molar-refractivity contribution in [2.75, 3.05) is 6.54 Å². The van der Waals surface area contributed by atoms with Crippen LogP contribution < -0.4 is 11.1 Å². The molecule has 0 fully saturated rings. The van der Waals surface area contributed by atoms with Crippen LogP contribution in [0.4, 0.5) is 0 Å². The van der Waals surface area contributed by atoms with E-state index >= 15 is 0 Å². The van der Waals surface area contributed by atoms with Crippen molar-refractivity contribution in [1.29, 1.82) is 0 Å². The fourth-order valence-corrected chi connectivity index (χ4v) is 2.98. The molecule has 0 radical (unpaired) electrons. The van der Waals surface area contributed by atoms with E-state index < -0.39 is 0 Å². The number of aromatic nitrogens is 2. The van der Waals surface area contributed by atoms with Crippen LogP contribution >= 0.6 is 27.3 Å². The molecule has 0 aliphatic rings. The second-order valence-electron chi connectivity index (χ2n) is 3.70. The first-order valence-electron chi connectivity index (χ1n) is 5.43. The number of nitrogens with one attached hydrogen (secondary N) is 1. The third-order valence-corrected chi connectivity index (χ3v) is 3.93. The summed E-state index contributed by atoms with van der Waals surface area (Å²) in [6, 6.07) is 4.19. The summed E-state index contributed by atoms with van der Waals surface area (Å²) < 4.78 is 3.18. The molecule has 2 aromatic rings. The minimum absolute atomic E-state index is 0.645. The first kappa shape index (κ1) is 12.8. The number of hydrogen-bond donors (Lipinski definition) is 2. The number of nitrogens with zero attached hydrogens (tertiary/aromatic N) is 2. The lowest BCUT2D eigenvalue weighted by Gasteiger charge is -2.00. The van der Waals surface area contributed by atoms with Crippen LogP contribution in [-0.2, 0) is 19.6 Å². The number of imidazole rings is 1. The summed E-state index contributed by atoms with van der Waals surface area (Å²) in [4.78, 5) is 5.63. The summed E-state index contributed by atoms with van der Waals surface area (Å²) in [6.45, 7) is 3.13. The lowest BCUT2D eigenvalue weighted by molar-refractivity contribution is 0.683. The lowest BCUT2D eigenvalue weighted by atomic mass is 10.4. The maximum atomic E-state index is 5.48. The quantitative estimate of drug-likeness (QED) is 0.857. The summed E-state index contributed by atoms with van der Waals surface area (Å²) in [7, 11) is 0. The number of thiophene rings is 1. The van der Waals surface area contributed by atoms with E-state index in [-0.39, 0.29) is 0 Å². The minimum Gasteiger partial charge on any atom is -0.336 e.